The summed E-state index contributed by atoms with van der Waals surface area (Å²) >= 11 is 8.96. The summed E-state index contributed by atoms with van der Waals surface area (Å²) in [6.07, 6.45) is 0. The Kier molecular flexibility index (Phi) is 3.69. The van der Waals surface area contributed by atoms with E-state index in [1.165, 1.54) is 6.07 Å². The van der Waals surface area contributed by atoms with Crippen LogP contribution >= 0.6 is 28.1 Å². The van der Waals surface area contributed by atoms with Gasteiger partial charge in [0.05, 0.1) is 12.8 Å². The molecule has 1 aliphatic rings. The largest absolute Gasteiger partial charge is 0.328 e. The van der Waals surface area contributed by atoms with Crippen LogP contribution < -0.4 is 4.57 Å². The van der Waals surface area contributed by atoms with Crippen LogP contribution in [0, 0.1) is 10.6 Å². The highest BCUT2D eigenvalue weighted by Gasteiger charge is 2.27. The summed E-state index contributed by atoms with van der Waals surface area (Å²) in [6.45, 7) is 0.402. The van der Waals surface area contributed by atoms with Crippen LogP contribution in [-0.2, 0) is 13.6 Å². The number of aliphatic imine (C=N–C) groups is 1. The lowest BCUT2D eigenvalue weighted by atomic mass is 10.00. The molecule has 0 aliphatic carbocycles. The van der Waals surface area contributed by atoms with Gasteiger partial charge in [0.1, 0.15) is 18.0 Å². The third kappa shape index (κ3) is 2.35. The minimum atomic E-state index is -0.289. The average molecular weight is 404 g/mol. The molecule has 0 radical (unpaired) electrons. The van der Waals surface area contributed by atoms with E-state index >= 15 is 0 Å². The average Bonchev–Trinajstić information content (AvgIpc) is 2.74. The Balaban J connectivity index is 2.06. The number of rotatable bonds is 1. The van der Waals surface area contributed by atoms with Crippen LogP contribution in [0.25, 0.3) is 5.69 Å². The van der Waals surface area contributed by atoms with Crippen molar-refractivity contribution in [1.29, 1.82) is 0 Å². The van der Waals surface area contributed by atoms with Crippen molar-refractivity contribution in [2.45, 2.75) is 6.54 Å². The van der Waals surface area contributed by atoms with Crippen molar-refractivity contribution in [2.75, 3.05) is 0 Å². The first-order valence-electron chi connectivity index (χ1n) is 7.36. The van der Waals surface area contributed by atoms with E-state index in [-0.39, 0.29) is 5.82 Å². The van der Waals surface area contributed by atoms with E-state index < -0.39 is 0 Å². The van der Waals surface area contributed by atoms with Crippen LogP contribution in [0.1, 0.15) is 17.0 Å². The number of hydrogen-bond acceptors (Lipinski definition) is 2. The maximum Gasteiger partial charge on any atom is 0.328 e. The minimum Gasteiger partial charge on any atom is -0.273 e. The second kappa shape index (κ2) is 5.75. The Hall–Kier alpha value is -2.12. The fourth-order valence-corrected chi connectivity index (χ4v) is 3.66. The quantitative estimate of drug-likeness (QED) is 0.488. The van der Waals surface area contributed by atoms with Crippen LogP contribution in [0.5, 0.6) is 0 Å². The molecule has 1 aromatic heterocycles. The molecule has 120 valence electrons. The molecule has 0 atom stereocenters. The van der Waals surface area contributed by atoms with Gasteiger partial charge in [-0.15, -0.1) is 5.10 Å². The van der Waals surface area contributed by atoms with Crippen molar-refractivity contribution in [3.8, 4) is 5.69 Å². The maximum absolute atomic E-state index is 14.4. The van der Waals surface area contributed by atoms with Gasteiger partial charge >= 0.3 is 4.77 Å². The molecule has 0 fully saturated rings. The van der Waals surface area contributed by atoms with Crippen LogP contribution in [-0.4, -0.2) is 15.5 Å². The molecule has 0 saturated heterocycles. The van der Waals surface area contributed by atoms with Crippen molar-refractivity contribution in [2.24, 2.45) is 12.0 Å². The van der Waals surface area contributed by atoms with Crippen molar-refractivity contribution in [3.05, 3.63) is 74.5 Å². The number of hydrogen-bond donors (Lipinski definition) is 1. The Labute approximate surface area is 151 Å². The Morgan fingerprint density at radius 3 is 2.83 bits per heavy atom. The highest BCUT2D eigenvalue weighted by molar-refractivity contribution is 9.10. The molecule has 0 unspecified atom stereocenters. The molecule has 2 aromatic carbocycles. The van der Waals surface area contributed by atoms with Gasteiger partial charge in [-0.2, -0.15) is 9.25 Å². The van der Waals surface area contributed by atoms with Crippen LogP contribution in [0.15, 0.2) is 51.9 Å². The van der Waals surface area contributed by atoms with Gasteiger partial charge in [-0.1, -0.05) is 28.1 Å². The van der Waals surface area contributed by atoms with Crippen LogP contribution in [0.2, 0.25) is 0 Å². The van der Waals surface area contributed by atoms with Gasteiger partial charge in [0.15, 0.2) is 0 Å². The van der Waals surface area contributed by atoms with Gasteiger partial charge in [0.25, 0.3) is 5.82 Å². The summed E-state index contributed by atoms with van der Waals surface area (Å²) < 4.78 is 19.7. The smallest absolute Gasteiger partial charge is 0.273 e. The van der Waals surface area contributed by atoms with Gasteiger partial charge in [-0.05, 0) is 42.5 Å². The van der Waals surface area contributed by atoms with Gasteiger partial charge < -0.3 is 0 Å². The van der Waals surface area contributed by atoms with Gasteiger partial charge in [-0.25, -0.2) is 4.39 Å². The zero-order chi connectivity index (χ0) is 16.8. The molecular weight excluding hydrogens is 391 g/mol. The molecule has 1 N–H and O–H groups in total. The lowest BCUT2D eigenvalue weighted by molar-refractivity contribution is -0.611. The summed E-state index contributed by atoms with van der Waals surface area (Å²) in [4.78, 5) is 4.70. The molecule has 1 aliphatic heterocycles. The van der Waals surface area contributed by atoms with E-state index in [1.54, 1.807) is 12.1 Å². The predicted octanol–water partition coefficient (Wildman–Crippen LogP) is 3.61. The summed E-state index contributed by atoms with van der Waals surface area (Å²) in [5.41, 5.74) is 2.83. The van der Waals surface area contributed by atoms with Crippen molar-refractivity contribution in [1.82, 2.24) is 9.78 Å². The van der Waals surface area contributed by atoms with Crippen molar-refractivity contribution >= 4 is 33.9 Å². The predicted molar refractivity (Wildman–Crippen MR) is 95.6 cm³/mol. The second-order valence-electron chi connectivity index (χ2n) is 5.53. The Bertz CT molecular complexity index is 1050. The number of fused-ring (bicyclic) bond motifs is 3. The molecule has 0 spiro atoms. The highest BCUT2D eigenvalue weighted by atomic mass is 79.9. The number of benzene rings is 2. The maximum atomic E-state index is 14.4. The summed E-state index contributed by atoms with van der Waals surface area (Å²) in [7, 11) is 1.89. The Morgan fingerprint density at radius 2 is 2.04 bits per heavy atom. The summed E-state index contributed by atoms with van der Waals surface area (Å²) in [5, 5.41) is 3.11. The number of H-pyrrole nitrogens is 1. The third-order valence-electron chi connectivity index (χ3n) is 4.07. The Morgan fingerprint density at radius 1 is 1.25 bits per heavy atom. The highest BCUT2D eigenvalue weighted by Crippen LogP contribution is 2.25. The van der Waals surface area contributed by atoms with Crippen molar-refractivity contribution < 1.29 is 8.96 Å². The molecule has 0 bridgehead atoms. The standard InChI is InChI=1S/C17H12BrFN4S/c1-22-15-9-20-16(11-4-2-3-5-13(11)19)12-8-10(18)6-7-14(12)23(15)17(24)21-22/h2-8H,9H2,1H3/p+1. The molecule has 7 heteroatoms. The fourth-order valence-electron chi connectivity index (χ4n) is 2.96. The van der Waals surface area contributed by atoms with Crippen molar-refractivity contribution in [3.63, 3.8) is 0 Å². The van der Waals surface area contributed by atoms with E-state index in [9.17, 15) is 4.39 Å². The van der Waals surface area contributed by atoms with Crippen LogP contribution in [0.3, 0.4) is 0 Å². The first-order valence-corrected chi connectivity index (χ1v) is 8.56. The number of halogens is 2. The number of aryl methyl sites for hydroxylation is 1. The molecular formula is C17H13BrFN4S+. The van der Waals surface area contributed by atoms with E-state index in [0.29, 0.717) is 22.6 Å². The number of aromatic amines is 1. The normalized spacial score (nSPS) is 13.0. The number of aromatic nitrogens is 3. The van der Waals surface area contributed by atoms with E-state index in [2.05, 4.69) is 21.0 Å². The SMILES string of the molecule is Cn1[nH]c(=S)[n+]2c1CN=C(c1ccccc1F)c1cc(Br)ccc1-2. The summed E-state index contributed by atoms with van der Waals surface area (Å²) in [6, 6.07) is 12.6. The van der Waals surface area contributed by atoms with E-state index in [1.807, 2.05) is 40.6 Å². The molecule has 4 rings (SSSR count). The molecule has 0 saturated carbocycles. The molecule has 0 amide bonds. The van der Waals surface area contributed by atoms with E-state index in [4.69, 9.17) is 17.2 Å². The monoisotopic (exact) mass is 403 g/mol. The molecule has 3 aromatic rings. The first kappa shape index (κ1) is 15.4. The molecule has 4 nitrogen and oxygen atoms in total. The number of nitrogens with zero attached hydrogens (tertiary/aromatic N) is 3. The fraction of sp³-hybridized carbons (Fsp3) is 0.118. The zero-order valence-electron chi connectivity index (χ0n) is 12.8. The van der Waals surface area contributed by atoms with Gasteiger partial charge in [0, 0.05) is 15.6 Å². The first-order chi connectivity index (χ1) is 11.6. The minimum absolute atomic E-state index is 0.289. The van der Waals surface area contributed by atoms with Crippen LogP contribution in [0.4, 0.5) is 4.39 Å². The number of nitrogens with one attached hydrogen (secondary N) is 1. The molecule has 2 heterocycles. The molecule has 24 heavy (non-hydrogen) atoms. The zero-order valence-corrected chi connectivity index (χ0v) is 15.2. The summed E-state index contributed by atoms with van der Waals surface area (Å²) in [5.74, 6) is 0.623. The second-order valence-corrected chi connectivity index (χ2v) is 6.84. The lowest BCUT2D eigenvalue weighted by Gasteiger charge is -2.10. The van der Waals surface area contributed by atoms with Gasteiger partial charge in [0.2, 0.25) is 0 Å². The lowest BCUT2D eigenvalue weighted by Crippen LogP contribution is -2.36. The van der Waals surface area contributed by atoms with E-state index in [0.717, 1.165) is 21.5 Å². The van der Waals surface area contributed by atoms with Gasteiger partial charge in [-0.3, -0.25) is 4.99 Å². The topological polar surface area (TPSA) is 37.0 Å². The third-order valence-corrected chi connectivity index (χ3v) is 4.84.